The van der Waals surface area contributed by atoms with Crippen LogP contribution < -0.4 is 10.6 Å². The Morgan fingerprint density at radius 2 is 1.97 bits per heavy atom. The number of hydrogen-bond donors (Lipinski definition) is 1. The molecular weight excluding hydrogens is 485 g/mol. The van der Waals surface area contributed by atoms with E-state index in [0.717, 1.165) is 40.8 Å². The van der Waals surface area contributed by atoms with Gasteiger partial charge in [0.15, 0.2) is 5.82 Å². The van der Waals surface area contributed by atoms with Gasteiger partial charge in [0.25, 0.3) is 0 Å². The number of benzene rings is 1. The highest BCUT2D eigenvalue weighted by Crippen LogP contribution is 2.63. The summed E-state index contributed by atoms with van der Waals surface area (Å²) in [5.74, 6) is 1.94. The maximum Gasteiger partial charge on any atom is 0.173 e. The van der Waals surface area contributed by atoms with E-state index in [2.05, 4.69) is 25.0 Å². The SMILES string of the molecule is NC[C@]1(c2ccccc2F)[C@@H]2CCN(c3cnc(Sc4ccnc(-n5cccn5)c4Cl)cn3)C[C@@H]21. The molecule has 3 atom stereocenters. The molecule has 2 N–H and O–H groups in total. The molecule has 4 aromatic rings. The Balaban J connectivity index is 1.18. The Kier molecular flexibility index (Phi) is 5.70. The predicted molar refractivity (Wildman–Crippen MR) is 133 cm³/mol. The van der Waals surface area contributed by atoms with E-state index in [1.807, 2.05) is 24.3 Å². The van der Waals surface area contributed by atoms with Gasteiger partial charge in [-0.25, -0.2) is 24.0 Å². The Labute approximate surface area is 211 Å². The highest BCUT2D eigenvalue weighted by molar-refractivity contribution is 7.99. The second kappa shape index (κ2) is 8.89. The molecule has 2 aliphatic rings. The summed E-state index contributed by atoms with van der Waals surface area (Å²) in [4.78, 5) is 16.7. The first kappa shape index (κ1) is 22.5. The number of nitrogens with two attached hydrogens (primary N) is 1. The molecule has 6 rings (SSSR count). The minimum Gasteiger partial charge on any atom is -0.355 e. The van der Waals surface area contributed by atoms with E-state index in [1.165, 1.54) is 17.8 Å². The Morgan fingerprint density at radius 1 is 1.09 bits per heavy atom. The van der Waals surface area contributed by atoms with E-state index in [-0.39, 0.29) is 11.2 Å². The summed E-state index contributed by atoms with van der Waals surface area (Å²) >= 11 is 8.02. The van der Waals surface area contributed by atoms with Gasteiger partial charge in [0, 0.05) is 48.5 Å². The van der Waals surface area contributed by atoms with E-state index in [1.54, 1.807) is 41.7 Å². The van der Waals surface area contributed by atoms with E-state index in [0.29, 0.717) is 29.2 Å². The number of halogens is 2. The summed E-state index contributed by atoms with van der Waals surface area (Å²) in [5.41, 5.74) is 6.69. The molecular formula is C25H23ClFN7S. The van der Waals surface area contributed by atoms with Crippen molar-refractivity contribution in [1.29, 1.82) is 0 Å². The molecule has 0 unspecified atom stereocenters. The van der Waals surface area contributed by atoms with Gasteiger partial charge >= 0.3 is 0 Å². The maximum atomic E-state index is 14.6. The van der Waals surface area contributed by atoms with Gasteiger partial charge < -0.3 is 10.6 Å². The molecule has 0 amide bonds. The Morgan fingerprint density at radius 3 is 2.71 bits per heavy atom. The summed E-state index contributed by atoms with van der Waals surface area (Å²) in [7, 11) is 0. The van der Waals surface area contributed by atoms with Gasteiger partial charge in [0.1, 0.15) is 16.7 Å². The third-order valence-electron chi connectivity index (χ3n) is 7.25. The molecule has 2 fully saturated rings. The van der Waals surface area contributed by atoms with Gasteiger partial charge in [0.2, 0.25) is 0 Å². The minimum atomic E-state index is -0.284. The first-order valence-electron chi connectivity index (χ1n) is 11.5. The molecule has 4 heterocycles. The van der Waals surface area contributed by atoms with Crippen molar-refractivity contribution in [3.05, 3.63) is 83.8 Å². The lowest BCUT2D eigenvalue weighted by molar-refractivity contribution is 0.533. The number of hydrogen-bond acceptors (Lipinski definition) is 7. The third kappa shape index (κ3) is 3.78. The summed E-state index contributed by atoms with van der Waals surface area (Å²) in [6, 6.07) is 10.7. The predicted octanol–water partition coefficient (Wildman–Crippen LogP) is 4.35. The van der Waals surface area contributed by atoms with Crippen LogP contribution in [0.2, 0.25) is 5.02 Å². The standard InChI is InChI=1S/C25H23ClFN7S/c26-23-20(6-9-29-24(23)34-10-3-8-32-34)35-22-13-30-21(12-31-22)33-11-7-16-18(14-33)25(16,15-28)17-4-1-2-5-19(17)27/h1-6,8-10,12-13,16,18H,7,11,14-15,28H2/t16-,18+,25-/m1/s1. The lowest BCUT2D eigenvalue weighted by Gasteiger charge is -2.27. The molecule has 10 heteroatoms. The zero-order chi connectivity index (χ0) is 24.0. The number of nitrogens with zero attached hydrogens (tertiary/aromatic N) is 6. The second-order valence-electron chi connectivity index (χ2n) is 8.88. The van der Waals surface area contributed by atoms with Crippen LogP contribution in [0.4, 0.5) is 10.2 Å². The maximum absolute atomic E-state index is 14.6. The third-order valence-corrected chi connectivity index (χ3v) is 8.71. The van der Waals surface area contributed by atoms with Crippen LogP contribution >= 0.6 is 23.4 Å². The fourth-order valence-corrected chi connectivity index (χ4v) is 6.58. The molecule has 0 bridgehead atoms. The lowest BCUT2D eigenvalue weighted by atomic mass is 9.91. The molecule has 1 saturated heterocycles. The van der Waals surface area contributed by atoms with Crippen molar-refractivity contribution < 1.29 is 4.39 Å². The van der Waals surface area contributed by atoms with Crippen LogP contribution in [0.25, 0.3) is 5.82 Å². The molecule has 1 aliphatic heterocycles. The van der Waals surface area contributed by atoms with Crippen LogP contribution in [0.3, 0.4) is 0 Å². The van der Waals surface area contributed by atoms with Crippen LogP contribution in [0, 0.1) is 17.7 Å². The topological polar surface area (TPSA) is 85.8 Å². The summed E-state index contributed by atoms with van der Waals surface area (Å²) < 4.78 is 16.2. The van der Waals surface area contributed by atoms with Crippen molar-refractivity contribution in [2.24, 2.45) is 17.6 Å². The molecule has 0 spiro atoms. The quantitative estimate of drug-likeness (QED) is 0.415. The summed E-state index contributed by atoms with van der Waals surface area (Å²) in [6.45, 7) is 2.09. The number of anilines is 1. The average molecular weight is 508 g/mol. The van der Waals surface area contributed by atoms with Gasteiger partial charge in [-0.1, -0.05) is 41.6 Å². The molecule has 7 nitrogen and oxygen atoms in total. The minimum absolute atomic E-state index is 0.162. The van der Waals surface area contributed by atoms with Crippen LogP contribution in [0.1, 0.15) is 12.0 Å². The van der Waals surface area contributed by atoms with Gasteiger partial charge in [-0.15, -0.1) is 0 Å². The fourth-order valence-electron chi connectivity index (χ4n) is 5.52. The van der Waals surface area contributed by atoms with Crippen molar-refractivity contribution in [1.82, 2.24) is 24.7 Å². The summed E-state index contributed by atoms with van der Waals surface area (Å²) in [6.07, 6.45) is 9.69. The van der Waals surface area contributed by atoms with Gasteiger partial charge in [-0.2, -0.15) is 5.10 Å². The van der Waals surface area contributed by atoms with E-state index < -0.39 is 0 Å². The van der Waals surface area contributed by atoms with Crippen LogP contribution in [-0.4, -0.2) is 44.4 Å². The second-order valence-corrected chi connectivity index (χ2v) is 10.3. The number of aromatic nitrogens is 5. The van der Waals surface area contributed by atoms with Crippen LogP contribution in [-0.2, 0) is 5.41 Å². The van der Waals surface area contributed by atoms with Crippen molar-refractivity contribution >= 4 is 29.2 Å². The normalized spacial score (nSPS) is 23.2. The number of piperidine rings is 1. The highest BCUT2D eigenvalue weighted by Gasteiger charge is 2.66. The van der Waals surface area contributed by atoms with Crippen molar-refractivity contribution in [3.63, 3.8) is 0 Å². The van der Waals surface area contributed by atoms with Crippen LogP contribution in [0.5, 0.6) is 0 Å². The van der Waals surface area contributed by atoms with Crippen molar-refractivity contribution in [2.45, 2.75) is 21.8 Å². The molecule has 3 aromatic heterocycles. The monoisotopic (exact) mass is 507 g/mol. The zero-order valence-corrected chi connectivity index (χ0v) is 20.3. The largest absolute Gasteiger partial charge is 0.355 e. The van der Waals surface area contributed by atoms with Gasteiger partial charge in [-0.05, 0) is 42.0 Å². The summed E-state index contributed by atoms with van der Waals surface area (Å²) in [5, 5.41) is 5.45. The van der Waals surface area contributed by atoms with Crippen LogP contribution in [0.15, 0.2) is 77.3 Å². The lowest BCUT2D eigenvalue weighted by Crippen LogP contribution is -2.32. The number of rotatable bonds is 6. The van der Waals surface area contributed by atoms with E-state index in [4.69, 9.17) is 17.3 Å². The number of pyridine rings is 1. The Hall–Kier alpha value is -3.01. The Bertz CT molecular complexity index is 1350. The molecule has 1 aromatic carbocycles. The van der Waals surface area contributed by atoms with Gasteiger partial charge in [-0.3, -0.25) is 0 Å². The number of fused-ring (bicyclic) bond motifs is 1. The smallest absolute Gasteiger partial charge is 0.173 e. The van der Waals surface area contributed by atoms with E-state index in [9.17, 15) is 4.39 Å². The first-order valence-corrected chi connectivity index (χ1v) is 12.7. The molecule has 178 valence electrons. The first-order chi connectivity index (χ1) is 17.1. The zero-order valence-electron chi connectivity index (χ0n) is 18.8. The van der Waals surface area contributed by atoms with Gasteiger partial charge in [0.05, 0.1) is 17.4 Å². The highest BCUT2D eigenvalue weighted by atomic mass is 35.5. The van der Waals surface area contributed by atoms with Crippen molar-refractivity contribution in [2.75, 3.05) is 24.5 Å². The molecule has 1 aliphatic carbocycles. The fraction of sp³-hybridized carbons (Fsp3) is 0.280. The average Bonchev–Trinajstić information content (AvgIpc) is 3.21. The molecule has 0 radical (unpaired) electrons. The molecule has 1 saturated carbocycles. The van der Waals surface area contributed by atoms with E-state index >= 15 is 0 Å². The van der Waals surface area contributed by atoms with Crippen molar-refractivity contribution in [3.8, 4) is 5.82 Å². The molecule has 35 heavy (non-hydrogen) atoms.